The van der Waals surface area contributed by atoms with Gasteiger partial charge in [-0.1, -0.05) is 26.7 Å². The molecular weight excluding hydrogens is 318 g/mol. The molecule has 0 aliphatic rings. The van der Waals surface area contributed by atoms with Gasteiger partial charge >= 0.3 is 42.7 Å². The van der Waals surface area contributed by atoms with Crippen molar-refractivity contribution < 1.29 is 9.53 Å². The summed E-state index contributed by atoms with van der Waals surface area (Å²) in [6, 6.07) is 0. The van der Waals surface area contributed by atoms with Crippen LogP contribution in [0.3, 0.4) is 0 Å². The number of carbonyl (C=O) groups is 1. The van der Waals surface area contributed by atoms with Crippen molar-refractivity contribution in [3.05, 3.63) is 0 Å². The van der Waals surface area contributed by atoms with E-state index in [1.165, 1.54) is 7.11 Å². The second kappa shape index (κ2) is 12.8. The van der Waals surface area contributed by atoms with Crippen LogP contribution < -0.4 is 0 Å². The van der Waals surface area contributed by atoms with E-state index in [-0.39, 0.29) is 11.9 Å². The molecule has 0 aliphatic heterocycles. The monoisotopic (exact) mass is 334 g/mol. The van der Waals surface area contributed by atoms with Crippen LogP contribution >= 0.6 is 17.8 Å². The number of unbranched alkanes of at least 4 members (excludes halogenated alkanes) is 1. The molecule has 5 heteroatoms. The zero-order valence-corrected chi connectivity index (χ0v) is 12.6. The van der Waals surface area contributed by atoms with Gasteiger partial charge in [0.2, 0.25) is 0 Å². The van der Waals surface area contributed by atoms with Gasteiger partial charge in [0.25, 0.3) is 0 Å². The molecule has 0 aromatic carbocycles. The van der Waals surface area contributed by atoms with Gasteiger partial charge in [0.05, 0.1) is 13.0 Å². The molecular formula is C8H16Cl2O2Sn. The van der Waals surface area contributed by atoms with Crippen molar-refractivity contribution in [2.24, 2.45) is 5.92 Å². The van der Waals surface area contributed by atoms with E-state index in [9.17, 15) is 4.79 Å². The summed E-state index contributed by atoms with van der Waals surface area (Å²) in [5, 5.41) is 0. The number of esters is 1. The first-order chi connectivity index (χ1) is 6.13. The summed E-state index contributed by atoms with van der Waals surface area (Å²) < 4.78 is 4.57. The maximum absolute atomic E-state index is 10.8. The SMILES string of the molecule is CCCCC(C)C(=O)OC.[Cl][Sn][Cl]. The van der Waals surface area contributed by atoms with E-state index in [2.05, 4.69) is 11.7 Å². The summed E-state index contributed by atoms with van der Waals surface area (Å²) in [6.07, 6.45) is 3.20. The Morgan fingerprint density at radius 2 is 2.00 bits per heavy atom. The predicted octanol–water partition coefficient (Wildman–Crippen LogP) is 2.98. The molecule has 78 valence electrons. The molecule has 2 nitrogen and oxygen atoms in total. The number of carbonyl (C=O) groups excluding carboxylic acids is 1. The third kappa shape index (κ3) is 12.8. The van der Waals surface area contributed by atoms with Crippen LogP contribution in [0.5, 0.6) is 0 Å². The molecule has 0 saturated carbocycles. The average molecular weight is 334 g/mol. The van der Waals surface area contributed by atoms with Gasteiger partial charge in [0, 0.05) is 0 Å². The molecule has 0 aromatic rings. The number of hydrogen-bond donors (Lipinski definition) is 0. The summed E-state index contributed by atoms with van der Waals surface area (Å²) in [7, 11) is 11.3. The molecule has 0 spiro atoms. The summed E-state index contributed by atoms with van der Waals surface area (Å²) in [4.78, 5) is 10.8. The first-order valence-electron chi connectivity index (χ1n) is 4.18. The van der Waals surface area contributed by atoms with Gasteiger partial charge in [0.15, 0.2) is 0 Å². The third-order valence-electron chi connectivity index (χ3n) is 1.59. The Morgan fingerprint density at radius 3 is 2.31 bits per heavy atom. The second-order valence-corrected chi connectivity index (χ2v) is 6.88. The fourth-order valence-corrected chi connectivity index (χ4v) is 0.829. The van der Waals surface area contributed by atoms with E-state index in [0.29, 0.717) is 0 Å². The number of halogens is 2. The van der Waals surface area contributed by atoms with Crippen LogP contribution in [0.25, 0.3) is 0 Å². The van der Waals surface area contributed by atoms with E-state index in [4.69, 9.17) is 17.8 Å². The van der Waals surface area contributed by atoms with E-state index in [0.717, 1.165) is 19.3 Å². The maximum atomic E-state index is 10.8. The molecule has 0 saturated heterocycles. The molecule has 0 aromatic heterocycles. The van der Waals surface area contributed by atoms with E-state index in [1.807, 2.05) is 6.92 Å². The van der Waals surface area contributed by atoms with Crippen molar-refractivity contribution in [2.45, 2.75) is 33.1 Å². The minimum atomic E-state index is -0.826. The Bertz CT molecular complexity index is 123. The van der Waals surface area contributed by atoms with Gasteiger partial charge in [-0.2, -0.15) is 0 Å². The summed E-state index contributed by atoms with van der Waals surface area (Å²) >= 11 is -0.826. The molecule has 0 N–H and O–H groups in total. The van der Waals surface area contributed by atoms with Crippen molar-refractivity contribution in [1.29, 1.82) is 0 Å². The Hall–Kier alpha value is 0.849. The first-order valence-corrected chi connectivity index (χ1v) is 11.4. The molecule has 0 rings (SSSR count). The van der Waals surface area contributed by atoms with Gasteiger partial charge in [-0.25, -0.2) is 0 Å². The first kappa shape index (κ1) is 16.3. The van der Waals surface area contributed by atoms with Gasteiger partial charge in [-0.3, -0.25) is 4.79 Å². The third-order valence-corrected chi connectivity index (χ3v) is 1.59. The van der Waals surface area contributed by atoms with Crippen molar-refractivity contribution >= 4 is 42.7 Å². The van der Waals surface area contributed by atoms with Crippen LogP contribution in [0.1, 0.15) is 33.1 Å². The standard InChI is InChI=1S/C8H16O2.2ClH.Sn/c1-4-5-6-7(2)8(9)10-3;;;/h7H,4-6H2,1-3H3;2*1H;/q;;;+2/p-2. The number of ether oxygens (including phenoxy) is 1. The van der Waals surface area contributed by atoms with Gasteiger partial charge in [-0.05, 0) is 6.42 Å². The van der Waals surface area contributed by atoms with Crippen LogP contribution in [0.15, 0.2) is 0 Å². The fraction of sp³-hybridized carbons (Fsp3) is 0.875. The van der Waals surface area contributed by atoms with Crippen molar-refractivity contribution in [1.82, 2.24) is 0 Å². The number of hydrogen-bond acceptors (Lipinski definition) is 2. The summed E-state index contributed by atoms with van der Waals surface area (Å²) in [6.45, 7) is 4.02. The molecule has 0 bridgehead atoms. The van der Waals surface area contributed by atoms with Gasteiger partial charge < -0.3 is 4.74 Å². The Morgan fingerprint density at radius 1 is 1.54 bits per heavy atom. The number of methoxy groups -OCH3 is 1. The van der Waals surface area contributed by atoms with Crippen molar-refractivity contribution in [2.75, 3.05) is 7.11 Å². The topological polar surface area (TPSA) is 26.3 Å². The Kier molecular flexibility index (Phi) is 16.1. The molecule has 0 heterocycles. The van der Waals surface area contributed by atoms with Crippen LogP contribution in [0.4, 0.5) is 0 Å². The Labute approximate surface area is 98.0 Å². The van der Waals surface area contributed by atoms with Gasteiger partial charge in [0.1, 0.15) is 0 Å². The van der Waals surface area contributed by atoms with Crippen molar-refractivity contribution in [3.8, 4) is 0 Å². The molecule has 13 heavy (non-hydrogen) atoms. The van der Waals surface area contributed by atoms with Crippen molar-refractivity contribution in [3.63, 3.8) is 0 Å². The molecule has 2 radical (unpaired) electrons. The zero-order chi connectivity index (χ0) is 10.7. The van der Waals surface area contributed by atoms with E-state index >= 15 is 0 Å². The Balaban J connectivity index is 0. The minimum absolute atomic E-state index is 0.0740. The molecule has 1 unspecified atom stereocenters. The molecule has 1 atom stereocenters. The van der Waals surface area contributed by atoms with Crippen LogP contribution in [0, 0.1) is 5.92 Å². The normalized spacial score (nSPS) is 11.2. The zero-order valence-electron chi connectivity index (χ0n) is 8.27. The number of rotatable bonds is 4. The van der Waals surface area contributed by atoms with E-state index in [1.54, 1.807) is 0 Å². The van der Waals surface area contributed by atoms with Crippen LogP contribution in [-0.4, -0.2) is 32.0 Å². The van der Waals surface area contributed by atoms with Crippen LogP contribution in [-0.2, 0) is 9.53 Å². The van der Waals surface area contributed by atoms with Crippen LogP contribution in [0.2, 0.25) is 0 Å². The molecule has 0 fully saturated rings. The average Bonchev–Trinajstić information content (AvgIpc) is 2.14. The summed E-state index contributed by atoms with van der Waals surface area (Å²) in [5.74, 6) is -0.0154. The quantitative estimate of drug-likeness (QED) is 0.584. The second-order valence-electron chi connectivity index (χ2n) is 2.64. The molecule has 0 amide bonds. The summed E-state index contributed by atoms with van der Waals surface area (Å²) in [5.41, 5.74) is 0. The fourth-order valence-electron chi connectivity index (χ4n) is 0.829. The predicted molar refractivity (Wildman–Crippen MR) is 58.2 cm³/mol. The molecule has 0 aliphatic carbocycles. The van der Waals surface area contributed by atoms with Gasteiger partial charge in [-0.15, -0.1) is 0 Å². The van der Waals surface area contributed by atoms with E-state index < -0.39 is 18.9 Å².